The van der Waals surface area contributed by atoms with Gasteiger partial charge in [-0.25, -0.2) is 0 Å². The van der Waals surface area contributed by atoms with Gasteiger partial charge < -0.3 is 9.64 Å². The van der Waals surface area contributed by atoms with Gasteiger partial charge in [-0.2, -0.15) is 0 Å². The van der Waals surface area contributed by atoms with Crippen LogP contribution in [0.2, 0.25) is 0 Å². The highest BCUT2D eigenvalue weighted by Gasteiger charge is 2.34. The summed E-state index contributed by atoms with van der Waals surface area (Å²) in [4.78, 5) is 14.2. The number of halogens is 1. The van der Waals surface area contributed by atoms with Crippen LogP contribution in [-0.4, -0.2) is 23.7 Å². The normalized spacial score (nSPS) is 17.8. The van der Waals surface area contributed by atoms with Gasteiger partial charge in [0, 0.05) is 16.6 Å². The summed E-state index contributed by atoms with van der Waals surface area (Å²) in [6, 6.07) is 16.0. The Morgan fingerprint density at radius 3 is 2.77 bits per heavy atom. The van der Waals surface area contributed by atoms with Crippen LogP contribution in [0, 0.1) is 0 Å². The van der Waals surface area contributed by atoms with E-state index in [4.69, 9.17) is 4.74 Å². The first-order chi connectivity index (χ1) is 10.7. The van der Waals surface area contributed by atoms with Crippen molar-refractivity contribution in [3.05, 3.63) is 64.1 Å². The molecule has 1 unspecified atom stereocenters. The van der Waals surface area contributed by atoms with Crippen molar-refractivity contribution in [3.63, 3.8) is 0 Å². The lowest BCUT2D eigenvalue weighted by atomic mass is 10.1. The first-order valence-electron chi connectivity index (χ1n) is 6.97. The number of nitrogens with zero attached hydrogens (tertiary/aromatic N) is 1. The molecule has 0 spiro atoms. The van der Waals surface area contributed by atoms with Gasteiger partial charge >= 0.3 is 0 Å². The molecule has 5 heteroatoms. The van der Waals surface area contributed by atoms with Crippen LogP contribution in [0.15, 0.2) is 53.0 Å². The molecule has 3 rings (SSSR count). The number of rotatable bonds is 4. The maximum atomic E-state index is 12.3. The molecule has 3 nitrogen and oxygen atoms in total. The first kappa shape index (κ1) is 15.4. The molecule has 1 fully saturated rings. The van der Waals surface area contributed by atoms with E-state index in [2.05, 4.69) is 15.9 Å². The van der Waals surface area contributed by atoms with Gasteiger partial charge in [0.15, 0.2) is 0 Å². The number of amides is 1. The van der Waals surface area contributed by atoms with Crippen LogP contribution >= 0.6 is 27.7 Å². The Labute approximate surface area is 142 Å². The number of thioether (sulfide) groups is 1. The highest BCUT2D eigenvalue weighted by Crippen LogP contribution is 2.43. The van der Waals surface area contributed by atoms with Crippen molar-refractivity contribution in [2.24, 2.45) is 0 Å². The Morgan fingerprint density at radius 2 is 2.05 bits per heavy atom. The van der Waals surface area contributed by atoms with Crippen molar-refractivity contribution in [1.82, 2.24) is 4.90 Å². The highest BCUT2D eigenvalue weighted by atomic mass is 79.9. The summed E-state index contributed by atoms with van der Waals surface area (Å²) in [5.41, 5.74) is 2.17. The van der Waals surface area contributed by atoms with Gasteiger partial charge in [0.1, 0.15) is 11.1 Å². The number of carbonyl (C=O) groups is 1. The lowest BCUT2D eigenvalue weighted by molar-refractivity contribution is -0.128. The zero-order valence-electron chi connectivity index (χ0n) is 12.2. The molecule has 2 aromatic carbocycles. The molecule has 0 aliphatic carbocycles. The summed E-state index contributed by atoms with van der Waals surface area (Å²) in [7, 11) is 1.66. The van der Waals surface area contributed by atoms with Crippen LogP contribution < -0.4 is 4.74 Å². The standard InChI is InChI=1S/C17H16BrNO2S/c1-21-15-8-7-13(18)9-14(15)17-19(16(20)11-22-17)10-12-5-3-2-4-6-12/h2-9,17H,10-11H2,1H3. The highest BCUT2D eigenvalue weighted by molar-refractivity contribution is 9.10. The number of methoxy groups -OCH3 is 1. The van der Waals surface area contributed by atoms with E-state index in [9.17, 15) is 4.79 Å². The minimum atomic E-state index is -0.0137. The number of carbonyl (C=O) groups excluding carboxylic acids is 1. The zero-order chi connectivity index (χ0) is 15.5. The molecule has 1 saturated heterocycles. The van der Waals surface area contributed by atoms with Gasteiger partial charge in [-0.3, -0.25) is 4.79 Å². The third kappa shape index (κ3) is 3.15. The fourth-order valence-electron chi connectivity index (χ4n) is 2.56. The summed E-state index contributed by atoms with van der Waals surface area (Å²) in [5, 5.41) is -0.0137. The molecule has 22 heavy (non-hydrogen) atoms. The smallest absolute Gasteiger partial charge is 0.234 e. The Kier molecular flexibility index (Phi) is 4.74. The molecule has 114 valence electrons. The topological polar surface area (TPSA) is 29.5 Å². The minimum absolute atomic E-state index is 0.0137. The van der Waals surface area contributed by atoms with Gasteiger partial charge in [0.25, 0.3) is 0 Å². The van der Waals surface area contributed by atoms with Gasteiger partial charge in [0.05, 0.1) is 12.9 Å². The monoisotopic (exact) mass is 377 g/mol. The van der Waals surface area contributed by atoms with E-state index in [1.165, 1.54) is 0 Å². The predicted octanol–water partition coefficient (Wildman–Crippen LogP) is 4.23. The molecule has 1 amide bonds. The minimum Gasteiger partial charge on any atom is -0.496 e. The number of benzene rings is 2. The van der Waals surface area contributed by atoms with Crippen molar-refractivity contribution in [2.45, 2.75) is 11.9 Å². The summed E-state index contributed by atoms with van der Waals surface area (Å²) in [5.74, 6) is 1.49. The van der Waals surface area contributed by atoms with E-state index in [0.717, 1.165) is 21.3 Å². The van der Waals surface area contributed by atoms with Crippen LogP contribution in [0.25, 0.3) is 0 Å². The van der Waals surface area contributed by atoms with Gasteiger partial charge in [-0.15, -0.1) is 11.8 Å². The lowest BCUT2D eigenvalue weighted by Crippen LogP contribution is -2.27. The van der Waals surface area contributed by atoms with Crippen molar-refractivity contribution in [1.29, 1.82) is 0 Å². The van der Waals surface area contributed by atoms with Gasteiger partial charge in [-0.1, -0.05) is 46.3 Å². The summed E-state index contributed by atoms with van der Waals surface area (Å²) < 4.78 is 6.46. The Bertz CT molecular complexity index is 678. The molecular weight excluding hydrogens is 362 g/mol. The SMILES string of the molecule is COc1ccc(Br)cc1C1SCC(=O)N1Cc1ccccc1. The molecule has 0 N–H and O–H groups in total. The second-order valence-corrected chi connectivity index (χ2v) is 7.04. The van der Waals surface area contributed by atoms with E-state index >= 15 is 0 Å². The summed E-state index contributed by atoms with van der Waals surface area (Å²) >= 11 is 5.15. The van der Waals surface area contributed by atoms with Gasteiger partial charge in [-0.05, 0) is 23.8 Å². The third-order valence-electron chi connectivity index (χ3n) is 3.62. The van der Waals surface area contributed by atoms with Crippen LogP contribution in [0.3, 0.4) is 0 Å². The van der Waals surface area contributed by atoms with Crippen LogP contribution in [0.5, 0.6) is 5.75 Å². The maximum absolute atomic E-state index is 12.3. The molecule has 1 aliphatic rings. The maximum Gasteiger partial charge on any atom is 0.234 e. The molecule has 0 aromatic heterocycles. The van der Waals surface area contributed by atoms with Gasteiger partial charge in [0.2, 0.25) is 5.91 Å². The first-order valence-corrected chi connectivity index (χ1v) is 8.81. The third-order valence-corrected chi connectivity index (χ3v) is 5.35. The van der Waals surface area contributed by atoms with E-state index in [1.807, 2.05) is 53.4 Å². The second-order valence-electron chi connectivity index (χ2n) is 5.06. The van der Waals surface area contributed by atoms with E-state index in [1.54, 1.807) is 18.9 Å². The molecule has 0 radical (unpaired) electrons. The van der Waals surface area contributed by atoms with Crippen molar-refractivity contribution in [3.8, 4) is 5.75 Å². The molecule has 1 heterocycles. The molecule has 0 bridgehead atoms. The van der Waals surface area contributed by atoms with Crippen LogP contribution in [0.1, 0.15) is 16.5 Å². The largest absolute Gasteiger partial charge is 0.496 e. The fourth-order valence-corrected chi connectivity index (χ4v) is 4.14. The average molecular weight is 378 g/mol. The van der Waals surface area contributed by atoms with E-state index in [-0.39, 0.29) is 11.3 Å². The van der Waals surface area contributed by atoms with Crippen molar-refractivity contribution in [2.75, 3.05) is 12.9 Å². The summed E-state index contributed by atoms with van der Waals surface area (Å²) in [6.07, 6.45) is 0. The molecular formula is C17H16BrNO2S. The average Bonchev–Trinajstić information content (AvgIpc) is 2.89. The van der Waals surface area contributed by atoms with Crippen LogP contribution in [0.4, 0.5) is 0 Å². The predicted molar refractivity (Wildman–Crippen MR) is 92.9 cm³/mol. The molecule has 1 atom stereocenters. The molecule has 1 aliphatic heterocycles. The quantitative estimate of drug-likeness (QED) is 0.798. The van der Waals surface area contributed by atoms with Crippen molar-refractivity contribution < 1.29 is 9.53 Å². The Morgan fingerprint density at radius 1 is 1.27 bits per heavy atom. The van der Waals surface area contributed by atoms with E-state index < -0.39 is 0 Å². The molecule has 0 saturated carbocycles. The number of ether oxygens (including phenoxy) is 1. The number of hydrogen-bond donors (Lipinski definition) is 0. The second kappa shape index (κ2) is 6.75. The number of hydrogen-bond acceptors (Lipinski definition) is 3. The lowest BCUT2D eigenvalue weighted by Gasteiger charge is -2.25. The van der Waals surface area contributed by atoms with E-state index in [0.29, 0.717) is 12.3 Å². The fraction of sp³-hybridized carbons (Fsp3) is 0.235. The summed E-state index contributed by atoms with van der Waals surface area (Å²) in [6.45, 7) is 0.618. The zero-order valence-corrected chi connectivity index (χ0v) is 14.6. The van der Waals surface area contributed by atoms with Crippen LogP contribution in [-0.2, 0) is 11.3 Å². The van der Waals surface area contributed by atoms with Crippen molar-refractivity contribution >= 4 is 33.6 Å². The molecule has 2 aromatic rings. The Balaban J connectivity index is 1.92. The Hall–Kier alpha value is -1.46.